The average Bonchev–Trinajstić information content (AvgIpc) is 2.56. The number of anilines is 2. The lowest BCUT2D eigenvalue weighted by Gasteiger charge is -2.19. The molecule has 0 unspecified atom stereocenters. The van der Waals surface area contributed by atoms with E-state index in [1.165, 1.54) is 5.56 Å². The molecule has 0 aliphatic heterocycles. The molecule has 0 radical (unpaired) electrons. The van der Waals surface area contributed by atoms with E-state index >= 15 is 0 Å². The molecule has 0 saturated heterocycles. The van der Waals surface area contributed by atoms with Crippen LogP contribution in [0.3, 0.4) is 0 Å². The number of nitrogens with one attached hydrogen (secondary N) is 2. The summed E-state index contributed by atoms with van der Waals surface area (Å²) in [5, 5.41) is 5.42. The predicted octanol–water partition coefficient (Wildman–Crippen LogP) is 4.99. The van der Waals surface area contributed by atoms with Gasteiger partial charge in [-0.05, 0) is 47.1 Å². The molecule has 138 valence electrons. The first-order chi connectivity index (χ1) is 12.1. The smallest absolute Gasteiger partial charge is 0.314 e. The lowest BCUT2D eigenvalue weighted by Crippen LogP contribution is -2.29. The van der Waals surface area contributed by atoms with Gasteiger partial charge >= 0.3 is 11.8 Å². The molecular weight excluding hydrogens is 324 g/mol. The Morgan fingerprint density at radius 2 is 1.46 bits per heavy atom. The summed E-state index contributed by atoms with van der Waals surface area (Å²) in [7, 11) is 0. The lowest BCUT2D eigenvalue weighted by molar-refractivity contribution is -0.133. The van der Waals surface area contributed by atoms with Gasteiger partial charge in [0.15, 0.2) is 0 Å². The van der Waals surface area contributed by atoms with E-state index in [9.17, 15) is 9.59 Å². The van der Waals surface area contributed by atoms with Crippen molar-refractivity contribution in [2.45, 2.75) is 52.9 Å². The van der Waals surface area contributed by atoms with Crippen LogP contribution < -0.4 is 10.6 Å². The highest BCUT2D eigenvalue weighted by Crippen LogP contribution is 2.27. The summed E-state index contributed by atoms with van der Waals surface area (Å²) < 4.78 is 0. The second-order valence-electron chi connectivity index (χ2n) is 7.93. The molecule has 0 atom stereocenters. The lowest BCUT2D eigenvalue weighted by atomic mass is 9.87. The van der Waals surface area contributed by atoms with Crippen LogP contribution in [0.2, 0.25) is 0 Å². The molecule has 2 aromatic carbocycles. The number of aryl methyl sites for hydroxylation is 1. The van der Waals surface area contributed by atoms with E-state index in [1.54, 1.807) is 0 Å². The first-order valence-electron chi connectivity index (χ1n) is 8.92. The predicted molar refractivity (Wildman–Crippen MR) is 108 cm³/mol. The van der Waals surface area contributed by atoms with E-state index in [0.29, 0.717) is 11.4 Å². The van der Waals surface area contributed by atoms with Crippen LogP contribution in [-0.2, 0) is 15.0 Å². The number of amides is 2. The van der Waals surface area contributed by atoms with Gasteiger partial charge in [-0.15, -0.1) is 0 Å². The van der Waals surface area contributed by atoms with Crippen molar-refractivity contribution < 1.29 is 9.59 Å². The first kappa shape index (κ1) is 19.7. The van der Waals surface area contributed by atoms with Crippen molar-refractivity contribution in [2.75, 3.05) is 10.6 Å². The van der Waals surface area contributed by atoms with Crippen molar-refractivity contribution >= 4 is 23.2 Å². The monoisotopic (exact) mass is 352 g/mol. The van der Waals surface area contributed by atoms with Crippen LogP contribution in [0.15, 0.2) is 42.5 Å². The van der Waals surface area contributed by atoms with Crippen molar-refractivity contribution in [1.82, 2.24) is 0 Å². The Morgan fingerprint density at radius 1 is 0.885 bits per heavy atom. The first-order valence-corrected chi connectivity index (χ1v) is 8.92. The van der Waals surface area contributed by atoms with Crippen LogP contribution in [0.25, 0.3) is 0 Å². The third kappa shape index (κ3) is 4.72. The number of hydrogen-bond acceptors (Lipinski definition) is 2. The van der Waals surface area contributed by atoms with E-state index < -0.39 is 11.8 Å². The van der Waals surface area contributed by atoms with Crippen molar-refractivity contribution in [3.05, 3.63) is 59.2 Å². The standard InChI is InChI=1S/C22H28N2O2/c1-14(2)18-9-7-8-15(3)19(18)24-21(26)20(25)23-17-12-10-16(11-13-17)22(4,5)6/h7-14H,1-6H3,(H,23,25)(H,24,26). The van der Waals surface area contributed by atoms with Crippen LogP contribution in [0.4, 0.5) is 11.4 Å². The molecule has 2 rings (SSSR count). The molecule has 0 saturated carbocycles. The van der Waals surface area contributed by atoms with E-state index in [4.69, 9.17) is 0 Å². The molecule has 0 bridgehead atoms. The maximum absolute atomic E-state index is 12.3. The maximum Gasteiger partial charge on any atom is 0.314 e. The SMILES string of the molecule is Cc1cccc(C(C)C)c1NC(=O)C(=O)Nc1ccc(C(C)(C)C)cc1. The van der Waals surface area contributed by atoms with Gasteiger partial charge in [0.1, 0.15) is 0 Å². The van der Waals surface area contributed by atoms with Crippen molar-refractivity contribution in [3.8, 4) is 0 Å². The number of carbonyl (C=O) groups is 2. The van der Waals surface area contributed by atoms with Crippen LogP contribution in [0.5, 0.6) is 0 Å². The number of hydrogen-bond donors (Lipinski definition) is 2. The summed E-state index contributed by atoms with van der Waals surface area (Å²) in [5.74, 6) is -1.09. The molecule has 0 aliphatic carbocycles. The molecule has 0 aliphatic rings. The van der Waals surface area contributed by atoms with Crippen LogP contribution in [0, 0.1) is 6.92 Å². The van der Waals surface area contributed by atoms with Crippen LogP contribution in [-0.4, -0.2) is 11.8 Å². The quantitative estimate of drug-likeness (QED) is 0.764. The highest BCUT2D eigenvalue weighted by Gasteiger charge is 2.18. The molecule has 2 N–H and O–H groups in total. The second-order valence-corrected chi connectivity index (χ2v) is 7.93. The zero-order chi connectivity index (χ0) is 19.5. The minimum absolute atomic E-state index is 0.0397. The molecule has 0 fully saturated rings. The average molecular weight is 352 g/mol. The van der Waals surface area contributed by atoms with Crippen LogP contribution >= 0.6 is 0 Å². The number of benzene rings is 2. The molecular formula is C22H28N2O2. The van der Waals surface area contributed by atoms with Gasteiger partial charge in [0.2, 0.25) is 0 Å². The van der Waals surface area contributed by atoms with E-state index in [2.05, 4.69) is 45.3 Å². The van der Waals surface area contributed by atoms with Crippen molar-refractivity contribution in [3.63, 3.8) is 0 Å². The Bertz CT molecular complexity index is 800. The Labute approximate surface area is 156 Å². The highest BCUT2D eigenvalue weighted by atomic mass is 16.2. The number of rotatable bonds is 3. The zero-order valence-electron chi connectivity index (χ0n) is 16.4. The van der Waals surface area contributed by atoms with Gasteiger partial charge in [0.25, 0.3) is 0 Å². The molecule has 4 heteroatoms. The minimum Gasteiger partial charge on any atom is -0.318 e. The molecule has 0 aromatic heterocycles. The molecule has 4 nitrogen and oxygen atoms in total. The van der Waals surface area contributed by atoms with E-state index in [1.807, 2.05) is 49.4 Å². The zero-order valence-corrected chi connectivity index (χ0v) is 16.4. The fraction of sp³-hybridized carbons (Fsp3) is 0.364. The second kappa shape index (κ2) is 7.73. The van der Waals surface area contributed by atoms with Gasteiger partial charge in [0.05, 0.1) is 0 Å². The van der Waals surface area contributed by atoms with Crippen molar-refractivity contribution in [1.29, 1.82) is 0 Å². The number of carbonyl (C=O) groups excluding carboxylic acids is 2. The fourth-order valence-corrected chi connectivity index (χ4v) is 2.75. The third-order valence-electron chi connectivity index (χ3n) is 4.38. The van der Waals surface area contributed by atoms with Gasteiger partial charge in [0, 0.05) is 11.4 Å². The molecule has 0 heterocycles. The van der Waals surface area contributed by atoms with E-state index in [-0.39, 0.29) is 11.3 Å². The van der Waals surface area contributed by atoms with Gasteiger partial charge in [-0.3, -0.25) is 9.59 Å². The summed E-state index contributed by atoms with van der Waals surface area (Å²) >= 11 is 0. The summed E-state index contributed by atoms with van der Waals surface area (Å²) in [6, 6.07) is 13.4. The normalized spacial score (nSPS) is 11.3. The minimum atomic E-state index is -0.675. The Hall–Kier alpha value is -2.62. The Kier molecular flexibility index (Phi) is 5.86. The largest absolute Gasteiger partial charge is 0.318 e. The van der Waals surface area contributed by atoms with Gasteiger partial charge in [-0.25, -0.2) is 0 Å². The number of para-hydroxylation sites is 1. The molecule has 2 amide bonds. The molecule has 26 heavy (non-hydrogen) atoms. The Morgan fingerprint density at radius 3 is 2.00 bits per heavy atom. The Balaban J connectivity index is 2.11. The summed E-state index contributed by atoms with van der Waals surface area (Å²) in [6.07, 6.45) is 0. The fourth-order valence-electron chi connectivity index (χ4n) is 2.75. The molecule has 2 aromatic rings. The summed E-state index contributed by atoms with van der Waals surface area (Å²) in [4.78, 5) is 24.6. The molecule has 0 spiro atoms. The van der Waals surface area contributed by atoms with Gasteiger partial charge < -0.3 is 10.6 Å². The maximum atomic E-state index is 12.3. The van der Waals surface area contributed by atoms with Gasteiger partial charge in [-0.2, -0.15) is 0 Å². The topological polar surface area (TPSA) is 58.2 Å². The van der Waals surface area contributed by atoms with Gasteiger partial charge in [-0.1, -0.05) is 65.0 Å². The third-order valence-corrected chi connectivity index (χ3v) is 4.38. The van der Waals surface area contributed by atoms with Crippen molar-refractivity contribution in [2.24, 2.45) is 0 Å². The van der Waals surface area contributed by atoms with E-state index in [0.717, 1.165) is 11.1 Å². The summed E-state index contributed by atoms with van der Waals surface area (Å²) in [5.41, 5.74) is 4.48. The highest BCUT2D eigenvalue weighted by molar-refractivity contribution is 6.43. The summed E-state index contributed by atoms with van der Waals surface area (Å²) in [6.45, 7) is 12.4. The van der Waals surface area contributed by atoms with Crippen LogP contribution in [0.1, 0.15) is 57.2 Å².